The Hall–Kier alpha value is -0.870. The smallest absolute Gasteiger partial charge is 0.197 e. The van der Waals surface area contributed by atoms with Crippen LogP contribution in [0.1, 0.15) is 10.4 Å². The monoisotopic (exact) mass is 232 g/mol. The van der Waals surface area contributed by atoms with Gasteiger partial charge in [-0.25, -0.2) is 8.42 Å². The predicted molar refractivity (Wildman–Crippen MR) is 55.3 cm³/mol. The fraction of sp³-hybridized carbons (Fsp3) is 0.222. The quantitative estimate of drug-likeness (QED) is 0.586. The molecule has 0 radical (unpaired) electrons. The molecule has 0 unspecified atom stereocenters. The fourth-order valence-electron chi connectivity index (χ4n) is 0.928. The van der Waals surface area contributed by atoms with Crippen molar-refractivity contribution in [2.24, 2.45) is 0 Å². The average molecular weight is 233 g/mol. The molecule has 0 bridgehead atoms. The third-order valence-electron chi connectivity index (χ3n) is 1.64. The first kappa shape index (κ1) is 11.2. The highest BCUT2D eigenvalue weighted by Gasteiger charge is 2.26. The number of rotatable bonds is 3. The molecule has 1 aromatic carbocycles. The van der Waals surface area contributed by atoms with Crippen molar-refractivity contribution < 1.29 is 13.2 Å². The lowest BCUT2D eigenvalue weighted by Crippen LogP contribution is -2.23. The SMILES string of the molecule is CS(=O)(=O)[C@@H](Cl)C(=O)c1ccccc1. The van der Waals surface area contributed by atoms with Crippen molar-refractivity contribution in [3.63, 3.8) is 0 Å². The zero-order valence-electron chi connectivity index (χ0n) is 7.48. The minimum absolute atomic E-state index is 0.304. The van der Waals surface area contributed by atoms with E-state index in [9.17, 15) is 13.2 Å². The second kappa shape index (κ2) is 4.11. The van der Waals surface area contributed by atoms with E-state index in [1.54, 1.807) is 18.2 Å². The summed E-state index contributed by atoms with van der Waals surface area (Å²) in [6, 6.07) is 8.10. The third-order valence-corrected chi connectivity index (χ3v) is 3.78. The van der Waals surface area contributed by atoms with Crippen molar-refractivity contribution in [1.82, 2.24) is 0 Å². The lowest BCUT2D eigenvalue weighted by Gasteiger charge is -2.05. The molecule has 1 atom stereocenters. The van der Waals surface area contributed by atoms with Crippen molar-refractivity contribution in [3.05, 3.63) is 35.9 Å². The van der Waals surface area contributed by atoms with Gasteiger partial charge in [-0.2, -0.15) is 0 Å². The molecule has 0 amide bonds. The van der Waals surface area contributed by atoms with Gasteiger partial charge in [0.05, 0.1) is 0 Å². The molecule has 0 saturated heterocycles. The predicted octanol–water partition coefficient (Wildman–Crippen LogP) is 1.48. The Labute approximate surface area is 87.6 Å². The van der Waals surface area contributed by atoms with E-state index in [4.69, 9.17) is 11.6 Å². The normalized spacial score (nSPS) is 13.6. The molecular weight excluding hydrogens is 224 g/mol. The minimum atomic E-state index is -3.53. The van der Waals surface area contributed by atoms with Crippen LogP contribution in [-0.2, 0) is 9.84 Å². The number of hydrogen-bond acceptors (Lipinski definition) is 3. The summed E-state index contributed by atoms with van der Waals surface area (Å²) >= 11 is 5.50. The standard InChI is InChI=1S/C9H9ClO3S/c1-14(12,13)9(10)8(11)7-5-3-2-4-6-7/h2-6,9H,1H3/t9-/m1/s1. The van der Waals surface area contributed by atoms with Crippen LogP contribution in [0.3, 0.4) is 0 Å². The van der Waals surface area contributed by atoms with Gasteiger partial charge in [-0.3, -0.25) is 4.79 Å². The first-order valence-corrected chi connectivity index (χ1v) is 6.24. The lowest BCUT2D eigenvalue weighted by molar-refractivity contribution is 0.101. The molecule has 0 aliphatic carbocycles. The van der Waals surface area contributed by atoms with Gasteiger partial charge in [0, 0.05) is 11.8 Å². The third kappa shape index (κ3) is 2.56. The summed E-state index contributed by atoms with van der Waals surface area (Å²) < 4.78 is 20.5. The Bertz CT molecular complexity index is 425. The zero-order valence-corrected chi connectivity index (χ0v) is 9.05. The summed E-state index contributed by atoms with van der Waals surface area (Å²) in [5, 5.41) is 0. The van der Waals surface area contributed by atoms with Crippen molar-refractivity contribution >= 4 is 27.2 Å². The molecule has 3 nitrogen and oxygen atoms in total. The van der Waals surface area contributed by atoms with Crippen LogP contribution in [0, 0.1) is 0 Å². The highest BCUT2D eigenvalue weighted by atomic mass is 35.5. The molecule has 14 heavy (non-hydrogen) atoms. The molecule has 0 saturated carbocycles. The summed E-state index contributed by atoms with van der Waals surface area (Å²) in [5.41, 5.74) is 0.304. The summed E-state index contributed by atoms with van der Waals surface area (Å²) in [7, 11) is -3.53. The average Bonchev–Trinajstić information content (AvgIpc) is 2.15. The van der Waals surface area contributed by atoms with Crippen LogP contribution >= 0.6 is 11.6 Å². The number of carbonyl (C=O) groups is 1. The largest absolute Gasteiger partial charge is 0.291 e. The van der Waals surface area contributed by atoms with Crippen LogP contribution in [0.15, 0.2) is 30.3 Å². The van der Waals surface area contributed by atoms with Crippen LogP contribution in [0.4, 0.5) is 0 Å². The maximum atomic E-state index is 11.5. The topological polar surface area (TPSA) is 51.2 Å². The van der Waals surface area contributed by atoms with Gasteiger partial charge < -0.3 is 0 Å². The molecule has 76 valence electrons. The summed E-state index contributed by atoms with van der Waals surface area (Å²) in [5.74, 6) is -0.588. The molecule has 0 aromatic heterocycles. The van der Waals surface area contributed by atoms with E-state index in [0.717, 1.165) is 6.26 Å². The molecule has 0 aliphatic rings. The molecule has 0 fully saturated rings. The van der Waals surface area contributed by atoms with E-state index in [-0.39, 0.29) is 0 Å². The summed E-state index contributed by atoms with van der Waals surface area (Å²) in [6.07, 6.45) is 0.936. The molecule has 1 aromatic rings. The van der Waals surface area contributed by atoms with Crippen molar-refractivity contribution in [2.45, 2.75) is 4.71 Å². The highest BCUT2D eigenvalue weighted by Crippen LogP contribution is 2.12. The van der Waals surface area contributed by atoms with Crippen LogP contribution in [0.25, 0.3) is 0 Å². The van der Waals surface area contributed by atoms with Crippen LogP contribution < -0.4 is 0 Å². The van der Waals surface area contributed by atoms with E-state index < -0.39 is 20.3 Å². The maximum Gasteiger partial charge on any atom is 0.197 e. The summed E-state index contributed by atoms with van der Waals surface area (Å²) in [4.78, 5) is 11.5. The molecule has 1 rings (SSSR count). The van der Waals surface area contributed by atoms with Gasteiger partial charge in [0.25, 0.3) is 0 Å². The number of benzene rings is 1. The Morgan fingerprint density at radius 3 is 2.21 bits per heavy atom. The second-order valence-electron chi connectivity index (χ2n) is 2.88. The number of halogens is 1. The maximum absolute atomic E-state index is 11.5. The van der Waals surface area contributed by atoms with Crippen LogP contribution in [0.2, 0.25) is 0 Å². The van der Waals surface area contributed by atoms with E-state index >= 15 is 0 Å². The van der Waals surface area contributed by atoms with Gasteiger partial charge in [0.15, 0.2) is 20.3 Å². The van der Waals surface area contributed by atoms with Gasteiger partial charge in [-0.05, 0) is 0 Å². The molecule has 5 heteroatoms. The number of carbonyl (C=O) groups excluding carboxylic acids is 1. The van der Waals surface area contributed by atoms with E-state index in [2.05, 4.69) is 0 Å². The second-order valence-corrected chi connectivity index (χ2v) is 5.70. The first-order chi connectivity index (χ1) is 6.43. The van der Waals surface area contributed by atoms with Crippen LogP contribution in [0.5, 0.6) is 0 Å². The van der Waals surface area contributed by atoms with Gasteiger partial charge in [0.1, 0.15) is 0 Å². The van der Waals surface area contributed by atoms with E-state index in [1.165, 1.54) is 12.1 Å². The fourth-order valence-corrected chi connectivity index (χ4v) is 1.58. The van der Waals surface area contributed by atoms with Crippen molar-refractivity contribution in [2.75, 3.05) is 6.26 Å². The molecule has 0 heterocycles. The van der Waals surface area contributed by atoms with Gasteiger partial charge in [-0.1, -0.05) is 41.9 Å². The number of ketones is 1. The molecule has 0 N–H and O–H groups in total. The number of sulfone groups is 1. The first-order valence-electron chi connectivity index (χ1n) is 3.85. The molecule has 0 aliphatic heterocycles. The summed E-state index contributed by atoms with van der Waals surface area (Å²) in [6.45, 7) is 0. The number of hydrogen-bond donors (Lipinski definition) is 0. The van der Waals surface area contributed by atoms with Gasteiger partial charge in [-0.15, -0.1) is 0 Å². The molecule has 0 spiro atoms. The van der Waals surface area contributed by atoms with Crippen LogP contribution in [-0.4, -0.2) is 25.2 Å². The van der Waals surface area contributed by atoms with Gasteiger partial charge >= 0.3 is 0 Å². The zero-order chi connectivity index (χ0) is 10.8. The number of Topliss-reactive ketones (excluding diaryl/α,β-unsaturated/α-hetero) is 1. The lowest BCUT2D eigenvalue weighted by atomic mass is 10.1. The van der Waals surface area contributed by atoms with Crippen molar-refractivity contribution in [1.29, 1.82) is 0 Å². The number of alkyl halides is 1. The Morgan fingerprint density at radius 2 is 1.79 bits per heavy atom. The minimum Gasteiger partial charge on any atom is -0.291 e. The van der Waals surface area contributed by atoms with E-state index in [1.807, 2.05) is 0 Å². The Morgan fingerprint density at radius 1 is 1.29 bits per heavy atom. The Balaban J connectivity index is 2.99. The van der Waals surface area contributed by atoms with Gasteiger partial charge in [0.2, 0.25) is 0 Å². The highest BCUT2D eigenvalue weighted by molar-refractivity contribution is 7.93. The Kier molecular flexibility index (Phi) is 3.29. The van der Waals surface area contributed by atoms with E-state index in [0.29, 0.717) is 5.56 Å². The van der Waals surface area contributed by atoms with Crippen molar-refractivity contribution in [3.8, 4) is 0 Å². The molecular formula is C9H9ClO3S.